The molecule has 2 N–H and O–H groups in total. The third kappa shape index (κ3) is 3.01. The lowest BCUT2D eigenvalue weighted by Gasteiger charge is -2.12. The van der Waals surface area contributed by atoms with Gasteiger partial charge in [0, 0.05) is 5.41 Å². The predicted octanol–water partition coefficient (Wildman–Crippen LogP) is 2.80. The van der Waals surface area contributed by atoms with Gasteiger partial charge in [0.05, 0.1) is 5.69 Å². The van der Waals surface area contributed by atoms with Crippen LogP contribution in [0.15, 0.2) is 18.2 Å². The molecular weight excluding hydrogens is 259 g/mol. The van der Waals surface area contributed by atoms with Gasteiger partial charge in [-0.05, 0) is 24.6 Å². The first-order valence-electron chi connectivity index (χ1n) is 6.28. The van der Waals surface area contributed by atoms with Gasteiger partial charge in [-0.25, -0.2) is 9.37 Å². The zero-order valence-corrected chi connectivity index (χ0v) is 11.9. The fourth-order valence-electron chi connectivity index (χ4n) is 1.61. The molecule has 0 aliphatic heterocycles. The van der Waals surface area contributed by atoms with E-state index >= 15 is 0 Å². The molecule has 1 aromatic carbocycles. The molecule has 0 atom stereocenters. The van der Waals surface area contributed by atoms with Crippen LogP contribution in [0.1, 0.15) is 42.8 Å². The summed E-state index contributed by atoms with van der Waals surface area (Å²) in [6.07, 6.45) is 0. The number of nitrogens with zero attached hydrogens (tertiary/aromatic N) is 2. The molecule has 0 unspecified atom stereocenters. The predicted molar refractivity (Wildman–Crippen MR) is 74.2 cm³/mol. The van der Waals surface area contributed by atoms with Crippen molar-refractivity contribution in [2.45, 2.75) is 33.1 Å². The van der Waals surface area contributed by atoms with E-state index in [0.29, 0.717) is 5.82 Å². The van der Waals surface area contributed by atoms with Crippen LogP contribution in [-0.4, -0.2) is 21.1 Å². The van der Waals surface area contributed by atoms with E-state index in [0.717, 1.165) is 5.56 Å². The number of carbonyl (C=O) groups is 1. The van der Waals surface area contributed by atoms with Crippen LogP contribution in [0, 0.1) is 12.7 Å². The Labute approximate surface area is 116 Å². The molecule has 6 heteroatoms. The third-order valence-corrected chi connectivity index (χ3v) is 2.77. The second-order valence-electron chi connectivity index (χ2n) is 5.70. The van der Waals surface area contributed by atoms with Crippen molar-refractivity contribution < 1.29 is 9.18 Å². The SMILES string of the molecule is Cc1ccc(F)c(NC(=O)c2n[nH]c(C(C)(C)C)n2)c1. The summed E-state index contributed by atoms with van der Waals surface area (Å²) in [5.74, 6) is -0.431. The van der Waals surface area contributed by atoms with Crippen LogP contribution >= 0.6 is 0 Å². The highest BCUT2D eigenvalue weighted by molar-refractivity contribution is 6.01. The van der Waals surface area contributed by atoms with Crippen LogP contribution in [0.25, 0.3) is 0 Å². The molecule has 106 valence electrons. The Kier molecular flexibility index (Phi) is 3.57. The standard InChI is InChI=1S/C14H17FN4O/c1-8-5-6-9(15)10(7-8)16-12(20)11-17-13(19-18-11)14(2,3)4/h5-7H,1-4H3,(H,16,20)(H,17,18,19). The van der Waals surface area contributed by atoms with Crippen LogP contribution in [-0.2, 0) is 5.41 Å². The number of aromatic nitrogens is 3. The van der Waals surface area contributed by atoms with Crippen LogP contribution in [0.4, 0.5) is 10.1 Å². The molecule has 1 amide bonds. The molecule has 0 saturated heterocycles. The summed E-state index contributed by atoms with van der Waals surface area (Å²) in [4.78, 5) is 16.1. The summed E-state index contributed by atoms with van der Waals surface area (Å²) < 4.78 is 13.6. The maximum atomic E-state index is 13.6. The molecule has 0 spiro atoms. The van der Waals surface area contributed by atoms with Crippen LogP contribution in [0.3, 0.4) is 0 Å². The lowest BCUT2D eigenvalue weighted by Crippen LogP contribution is -2.16. The first-order chi connectivity index (χ1) is 9.27. The molecule has 0 saturated carbocycles. The van der Waals surface area contributed by atoms with Crippen molar-refractivity contribution in [3.05, 3.63) is 41.2 Å². The van der Waals surface area contributed by atoms with E-state index in [1.165, 1.54) is 6.07 Å². The smallest absolute Gasteiger partial charge is 0.295 e. The molecule has 1 heterocycles. The molecule has 1 aromatic heterocycles. The molecule has 20 heavy (non-hydrogen) atoms. The van der Waals surface area contributed by atoms with E-state index in [1.54, 1.807) is 12.1 Å². The molecule has 0 fully saturated rings. The van der Waals surface area contributed by atoms with Crippen molar-refractivity contribution in [1.82, 2.24) is 15.2 Å². The average Bonchev–Trinajstić information content (AvgIpc) is 2.83. The second-order valence-corrected chi connectivity index (χ2v) is 5.70. The minimum absolute atomic E-state index is 0.00386. The van der Waals surface area contributed by atoms with Crippen LogP contribution < -0.4 is 5.32 Å². The van der Waals surface area contributed by atoms with Gasteiger partial charge in [-0.2, -0.15) is 0 Å². The van der Waals surface area contributed by atoms with Crippen molar-refractivity contribution in [2.24, 2.45) is 0 Å². The highest BCUT2D eigenvalue weighted by Crippen LogP contribution is 2.19. The van der Waals surface area contributed by atoms with Crippen molar-refractivity contribution >= 4 is 11.6 Å². The highest BCUT2D eigenvalue weighted by atomic mass is 19.1. The summed E-state index contributed by atoms with van der Waals surface area (Å²) in [6.45, 7) is 7.68. The maximum absolute atomic E-state index is 13.6. The molecule has 0 radical (unpaired) electrons. The lowest BCUT2D eigenvalue weighted by molar-refractivity contribution is 0.101. The van der Waals surface area contributed by atoms with E-state index in [9.17, 15) is 9.18 Å². The van der Waals surface area contributed by atoms with Gasteiger partial charge in [0.15, 0.2) is 0 Å². The van der Waals surface area contributed by atoms with Gasteiger partial charge in [-0.1, -0.05) is 26.8 Å². The number of hydrogen-bond donors (Lipinski definition) is 2. The number of carbonyl (C=O) groups excluding carboxylic acids is 1. The van der Waals surface area contributed by atoms with E-state index in [-0.39, 0.29) is 16.9 Å². The number of nitrogens with one attached hydrogen (secondary N) is 2. The number of benzene rings is 1. The van der Waals surface area contributed by atoms with Gasteiger partial charge >= 0.3 is 0 Å². The maximum Gasteiger partial charge on any atom is 0.295 e. The largest absolute Gasteiger partial charge is 0.317 e. The van der Waals surface area contributed by atoms with Gasteiger partial charge < -0.3 is 5.32 Å². The van der Waals surface area contributed by atoms with Gasteiger partial charge in [0.2, 0.25) is 5.82 Å². The normalized spacial score (nSPS) is 11.4. The number of aryl methyl sites for hydroxylation is 1. The van der Waals surface area contributed by atoms with Crippen molar-refractivity contribution in [1.29, 1.82) is 0 Å². The summed E-state index contributed by atoms with van der Waals surface area (Å²) in [6, 6.07) is 4.50. The summed E-state index contributed by atoms with van der Waals surface area (Å²) >= 11 is 0. The summed E-state index contributed by atoms with van der Waals surface area (Å²) in [7, 11) is 0. The molecule has 5 nitrogen and oxygen atoms in total. The number of anilines is 1. The van der Waals surface area contributed by atoms with Crippen molar-refractivity contribution in [3.8, 4) is 0 Å². The van der Waals surface area contributed by atoms with Crippen LogP contribution in [0.5, 0.6) is 0 Å². The monoisotopic (exact) mass is 276 g/mol. The minimum Gasteiger partial charge on any atom is -0.317 e. The Balaban J connectivity index is 2.20. The zero-order chi connectivity index (χ0) is 14.9. The second kappa shape index (κ2) is 5.03. The third-order valence-electron chi connectivity index (χ3n) is 2.77. The Hall–Kier alpha value is -2.24. The van der Waals surface area contributed by atoms with E-state index in [1.807, 2.05) is 27.7 Å². The number of halogens is 1. The Morgan fingerprint density at radius 2 is 2.05 bits per heavy atom. The summed E-state index contributed by atoms with van der Waals surface area (Å²) in [5.41, 5.74) is 0.740. The summed E-state index contributed by atoms with van der Waals surface area (Å²) in [5, 5.41) is 9.06. The molecule has 0 bridgehead atoms. The molecule has 2 rings (SSSR count). The Bertz CT molecular complexity index is 643. The van der Waals surface area contributed by atoms with Crippen molar-refractivity contribution in [3.63, 3.8) is 0 Å². The zero-order valence-electron chi connectivity index (χ0n) is 11.9. The van der Waals surface area contributed by atoms with E-state index in [4.69, 9.17) is 0 Å². The first-order valence-corrected chi connectivity index (χ1v) is 6.28. The molecule has 0 aliphatic rings. The van der Waals surface area contributed by atoms with Gasteiger partial charge in [0.25, 0.3) is 5.91 Å². The van der Waals surface area contributed by atoms with Gasteiger partial charge in [0.1, 0.15) is 11.6 Å². The number of aromatic amines is 1. The number of rotatable bonds is 2. The topological polar surface area (TPSA) is 70.7 Å². The average molecular weight is 276 g/mol. The number of H-pyrrole nitrogens is 1. The number of amides is 1. The quantitative estimate of drug-likeness (QED) is 0.886. The van der Waals surface area contributed by atoms with Gasteiger partial charge in [-0.3, -0.25) is 9.89 Å². The van der Waals surface area contributed by atoms with Crippen LogP contribution in [0.2, 0.25) is 0 Å². The van der Waals surface area contributed by atoms with Crippen molar-refractivity contribution in [2.75, 3.05) is 5.32 Å². The minimum atomic E-state index is -0.541. The highest BCUT2D eigenvalue weighted by Gasteiger charge is 2.21. The van der Waals surface area contributed by atoms with Gasteiger partial charge in [-0.15, -0.1) is 5.10 Å². The molecule has 0 aliphatic carbocycles. The lowest BCUT2D eigenvalue weighted by atomic mass is 9.96. The molecular formula is C14H17FN4O. The fourth-order valence-corrected chi connectivity index (χ4v) is 1.61. The fraction of sp³-hybridized carbons (Fsp3) is 0.357. The number of hydrogen-bond acceptors (Lipinski definition) is 3. The van der Waals surface area contributed by atoms with E-state index in [2.05, 4.69) is 20.5 Å². The Morgan fingerprint density at radius 1 is 1.35 bits per heavy atom. The first kappa shape index (κ1) is 14.2. The van der Waals surface area contributed by atoms with E-state index < -0.39 is 11.7 Å². The molecule has 2 aromatic rings. The Morgan fingerprint density at radius 3 is 2.65 bits per heavy atom.